The van der Waals surface area contributed by atoms with Gasteiger partial charge in [-0.05, 0) is 24.3 Å². The summed E-state index contributed by atoms with van der Waals surface area (Å²) in [6.45, 7) is 0. The first kappa shape index (κ1) is 18.1. The van der Waals surface area contributed by atoms with Gasteiger partial charge in [-0.15, -0.1) is 5.10 Å². The average molecular weight is 347 g/mol. The number of benzene rings is 1. The Labute approximate surface area is 143 Å². The first-order valence-electron chi connectivity index (χ1n) is 7.25. The number of ketones is 1. The van der Waals surface area contributed by atoms with Crippen molar-refractivity contribution in [3.05, 3.63) is 36.2 Å². The normalized spacial score (nSPS) is 11.5. The van der Waals surface area contributed by atoms with Crippen molar-refractivity contribution in [3.63, 3.8) is 0 Å². The topological polar surface area (TPSA) is 110 Å². The first-order valence-corrected chi connectivity index (χ1v) is 7.25. The molecule has 25 heavy (non-hydrogen) atoms. The third kappa shape index (κ3) is 4.19. The Hall–Kier alpha value is -3.23. The average Bonchev–Trinajstić information content (AvgIpc) is 3.14. The van der Waals surface area contributed by atoms with Crippen LogP contribution in [0.2, 0.25) is 0 Å². The molecule has 0 aliphatic heterocycles. The predicted molar refractivity (Wildman–Crippen MR) is 84.4 cm³/mol. The number of hydrogen-bond donors (Lipinski definition) is 0. The van der Waals surface area contributed by atoms with Crippen molar-refractivity contribution in [1.29, 1.82) is 0 Å². The second-order valence-electron chi connectivity index (χ2n) is 4.97. The predicted octanol–water partition coefficient (Wildman–Crippen LogP) is 0.811. The molecule has 0 aliphatic rings. The van der Waals surface area contributed by atoms with Crippen molar-refractivity contribution < 1.29 is 28.6 Å². The highest BCUT2D eigenvalue weighted by atomic mass is 16.5. The standard InChI is InChI=1S/C16H17N3O6/c1-23-11-6-4-10(5-7-11)19-9-13(17-18-19)15(21)12(16(22)25-3)8-14(20)24-2/h4-7,9,12H,8H2,1-3H3. The van der Waals surface area contributed by atoms with Gasteiger partial charge < -0.3 is 14.2 Å². The van der Waals surface area contributed by atoms with E-state index in [1.807, 2.05) is 0 Å². The monoisotopic (exact) mass is 347 g/mol. The van der Waals surface area contributed by atoms with Gasteiger partial charge in [0.05, 0.1) is 39.6 Å². The van der Waals surface area contributed by atoms with Gasteiger partial charge in [-0.3, -0.25) is 14.4 Å². The fourth-order valence-electron chi connectivity index (χ4n) is 2.09. The molecule has 0 spiro atoms. The number of ether oxygens (including phenoxy) is 3. The lowest BCUT2D eigenvalue weighted by atomic mass is 9.98. The summed E-state index contributed by atoms with van der Waals surface area (Å²) in [5.41, 5.74) is 0.588. The van der Waals surface area contributed by atoms with Gasteiger partial charge in [-0.2, -0.15) is 0 Å². The summed E-state index contributed by atoms with van der Waals surface area (Å²) < 4.78 is 15.5. The minimum atomic E-state index is -1.33. The van der Waals surface area contributed by atoms with Gasteiger partial charge >= 0.3 is 11.9 Å². The van der Waals surface area contributed by atoms with Crippen LogP contribution < -0.4 is 4.74 Å². The molecule has 1 heterocycles. The number of aromatic nitrogens is 3. The maximum absolute atomic E-state index is 12.5. The summed E-state index contributed by atoms with van der Waals surface area (Å²) in [6, 6.07) is 6.92. The summed E-state index contributed by atoms with van der Waals surface area (Å²) in [5.74, 6) is -2.87. The van der Waals surface area contributed by atoms with Crippen LogP contribution in [0.1, 0.15) is 16.9 Å². The number of carbonyl (C=O) groups is 3. The molecule has 0 amide bonds. The Morgan fingerprint density at radius 3 is 2.32 bits per heavy atom. The molecule has 9 nitrogen and oxygen atoms in total. The molecule has 0 N–H and O–H groups in total. The van der Waals surface area contributed by atoms with Crippen molar-refractivity contribution in [2.24, 2.45) is 5.92 Å². The Kier molecular flexibility index (Phi) is 5.83. The van der Waals surface area contributed by atoms with Gasteiger partial charge in [0.1, 0.15) is 17.4 Å². The quantitative estimate of drug-likeness (QED) is 0.411. The smallest absolute Gasteiger partial charge is 0.317 e. The van der Waals surface area contributed by atoms with Crippen LogP contribution in [0.25, 0.3) is 5.69 Å². The molecule has 132 valence electrons. The highest BCUT2D eigenvalue weighted by Crippen LogP contribution is 2.17. The second-order valence-corrected chi connectivity index (χ2v) is 4.97. The summed E-state index contributed by atoms with van der Waals surface area (Å²) in [6.07, 6.45) is 0.939. The molecule has 9 heteroatoms. The van der Waals surface area contributed by atoms with Crippen LogP contribution in [0.4, 0.5) is 0 Å². The first-order chi connectivity index (χ1) is 12.0. The van der Waals surface area contributed by atoms with Crippen LogP contribution in [-0.2, 0) is 19.1 Å². The van der Waals surface area contributed by atoms with Crippen LogP contribution in [0.15, 0.2) is 30.5 Å². The number of esters is 2. The van der Waals surface area contributed by atoms with E-state index in [2.05, 4.69) is 19.8 Å². The van der Waals surface area contributed by atoms with E-state index in [1.54, 1.807) is 31.4 Å². The molecule has 0 fully saturated rings. The van der Waals surface area contributed by atoms with E-state index in [9.17, 15) is 14.4 Å². The van der Waals surface area contributed by atoms with E-state index in [1.165, 1.54) is 18.0 Å². The summed E-state index contributed by atoms with van der Waals surface area (Å²) in [4.78, 5) is 35.7. The largest absolute Gasteiger partial charge is 0.497 e. The highest BCUT2D eigenvalue weighted by molar-refractivity contribution is 6.09. The molecular weight excluding hydrogens is 330 g/mol. The number of nitrogens with zero attached hydrogens (tertiary/aromatic N) is 3. The van der Waals surface area contributed by atoms with Crippen molar-refractivity contribution >= 4 is 17.7 Å². The van der Waals surface area contributed by atoms with Crippen molar-refractivity contribution in [2.75, 3.05) is 21.3 Å². The minimum Gasteiger partial charge on any atom is -0.497 e. The van der Waals surface area contributed by atoms with Gasteiger partial charge in [0.25, 0.3) is 0 Å². The van der Waals surface area contributed by atoms with Crippen LogP contribution in [0.5, 0.6) is 5.75 Å². The number of carbonyl (C=O) groups excluding carboxylic acids is 3. The third-order valence-corrected chi connectivity index (χ3v) is 3.48. The van der Waals surface area contributed by atoms with Crippen LogP contribution in [-0.4, -0.2) is 54.0 Å². The highest BCUT2D eigenvalue weighted by Gasteiger charge is 2.33. The summed E-state index contributed by atoms with van der Waals surface area (Å²) in [5, 5.41) is 7.64. The second kappa shape index (κ2) is 8.04. The van der Waals surface area contributed by atoms with Crippen LogP contribution in [0, 0.1) is 5.92 Å². The van der Waals surface area contributed by atoms with E-state index >= 15 is 0 Å². The lowest BCUT2D eigenvalue weighted by molar-refractivity contribution is -0.150. The molecule has 2 aromatic rings. The van der Waals surface area contributed by atoms with E-state index in [0.29, 0.717) is 11.4 Å². The van der Waals surface area contributed by atoms with E-state index < -0.39 is 30.1 Å². The number of methoxy groups -OCH3 is 3. The maximum atomic E-state index is 12.5. The van der Waals surface area contributed by atoms with E-state index in [4.69, 9.17) is 4.74 Å². The Bertz CT molecular complexity index is 768. The van der Waals surface area contributed by atoms with E-state index in [0.717, 1.165) is 7.11 Å². The maximum Gasteiger partial charge on any atom is 0.317 e. The number of Topliss-reactive ketones (excluding diaryl/α,β-unsaturated/α-hetero) is 1. The zero-order chi connectivity index (χ0) is 18.4. The van der Waals surface area contributed by atoms with Crippen molar-refractivity contribution in [3.8, 4) is 11.4 Å². The van der Waals surface area contributed by atoms with Gasteiger partial charge in [-0.1, -0.05) is 5.21 Å². The van der Waals surface area contributed by atoms with Crippen molar-refractivity contribution in [1.82, 2.24) is 15.0 Å². The molecule has 0 radical (unpaired) electrons. The zero-order valence-electron chi connectivity index (χ0n) is 14.0. The fraction of sp³-hybridized carbons (Fsp3) is 0.312. The van der Waals surface area contributed by atoms with E-state index in [-0.39, 0.29) is 5.69 Å². The van der Waals surface area contributed by atoms with Crippen LogP contribution >= 0.6 is 0 Å². The van der Waals surface area contributed by atoms with Crippen LogP contribution in [0.3, 0.4) is 0 Å². The molecule has 0 saturated carbocycles. The molecule has 0 aliphatic carbocycles. The summed E-state index contributed by atoms with van der Waals surface area (Å²) >= 11 is 0. The molecule has 1 aromatic heterocycles. The number of rotatable bonds is 7. The van der Waals surface area contributed by atoms with Gasteiger partial charge in [0.15, 0.2) is 5.78 Å². The molecule has 1 aromatic carbocycles. The third-order valence-electron chi connectivity index (χ3n) is 3.48. The van der Waals surface area contributed by atoms with Crippen molar-refractivity contribution in [2.45, 2.75) is 6.42 Å². The molecule has 0 bridgehead atoms. The Morgan fingerprint density at radius 1 is 1.08 bits per heavy atom. The molecule has 0 saturated heterocycles. The lowest BCUT2D eigenvalue weighted by Gasteiger charge is -2.10. The number of hydrogen-bond acceptors (Lipinski definition) is 8. The SMILES string of the molecule is COC(=O)CC(C(=O)OC)C(=O)c1cn(-c2ccc(OC)cc2)nn1. The Balaban J connectivity index is 2.24. The van der Waals surface area contributed by atoms with Gasteiger partial charge in [-0.25, -0.2) is 4.68 Å². The lowest BCUT2D eigenvalue weighted by Crippen LogP contribution is -2.28. The molecule has 1 atom stereocenters. The molecule has 2 rings (SSSR count). The summed E-state index contributed by atoms with van der Waals surface area (Å²) in [7, 11) is 3.85. The molecular formula is C16H17N3O6. The Morgan fingerprint density at radius 2 is 1.76 bits per heavy atom. The van der Waals surface area contributed by atoms with Gasteiger partial charge in [0, 0.05) is 0 Å². The zero-order valence-corrected chi connectivity index (χ0v) is 14.0. The minimum absolute atomic E-state index is 0.0601. The molecule has 1 unspecified atom stereocenters. The fourth-order valence-corrected chi connectivity index (χ4v) is 2.09. The van der Waals surface area contributed by atoms with Gasteiger partial charge in [0.2, 0.25) is 0 Å².